The molecule has 0 atom stereocenters. The van der Waals surface area contributed by atoms with Gasteiger partial charge in [-0.2, -0.15) is 0 Å². The molecule has 4 heteroatoms. The average molecular weight is 275 g/mol. The quantitative estimate of drug-likeness (QED) is 0.812. The van der Waals surface area contributed by atoms with Crippen LogP contribution in [0, 0.1) is 0 Å². The van der Waals surface area contributed by atoms with Gasteiger partial charge in [0, 0.05) is 6.54 Å². The van der Waals surface area contributed by atoms with Gasteiger partial charge in [0.15, 0.2) is 11.5 Å². The second-order valence-corrected chi connectivity index (χ2v) is 4.97. The van der Waals surface area contributed by atoms with Crippen molar-refractivity contribution in [2.24, 2.45) is 0 Å². The number of aromatic hydroxyl groups is 1. The lowest BCUT2D eigenvalue weighted by molar-refractivity contribution is 0.0950. The molecule has 4 nitrogen and oxygen atoms in total. The molecular formula is C16H21NO3. The molecule has 0 heterocycles. The highest BCUT2D eigenvalue weighted by molar-refractivity contribution is 5.97. The van der Waals surface area contributed by atoms with Gasteiger partial charge >= 0.3 is 0 Å². The molecule has 1 aromatic rings. The number of hydrogen-bond acceptors (Lipinski definition) is 3. The van der Waals surface area contributed by atoms with Crippen molar-refractivity contribution >= 4 is 5.91 Å². The largest absolute Gasteiger partial charge is 0.504 e. The Morgan fingerprint density at radius 1 is 1.40 bits per heavy atom. The minimum atomic E-state index is -0.266. The van der Waals surface area contributed by atoms with Gasteiger partial charge < -0.3 is 15.2 Å². The van der Waals surface area contributed by atoms with Gasteiger partial charge in [0.05, 0.1) is 12.7 Å². The first-order chi connectivity index (χ1) is 9.72. The molecule has 20 heavy (non-hydrogen) atoms. The number of allylic oxidation sites excluding steroid dienone is 1. The predicted octanol–water partition coefficient (Wildman–Crippen LogP) is 3.02. The van der Waals surface area contributed by atoms with Crippen molar-refractivity contribution < 1.29 is 14.6 Å². The fourth-order valence-corrected chi connectivity index (χ4v) is 2.43. The molecule has 1 aliphatic carbocycles. The minimum Gasteiger partial charge on any atom is -0.504 e. The molecule has 0 unspecified atom stereocenters. The highest BCUT2D eigenvalue weighted by Crippen LogP contribution is 2.29. The number of phenolic OH excluding ortho intramolecular Hbond substituents is 1. The van der Waals surface area contributed by atoms with Crippen molar-refractivity contribution in [1.82, 2.24) is 5.32 Å². The zero-order valence-electron chi connectivity index (χ0n) is 11.8. The Labute approximate surface area is 119 Å². The van der Waals surface area contributed by atoms with Crippen LogP contribution in [0.15, 0.2) is 29.8 Å². The van der Waals surface area contributed by atoms with Crippen LogP contribution < -0.4 is 10.1 Å². The van der Waals surface area contributed by atoms with Crippen LogP contribution in [-0.2, 0) is 0 Å². The third-order valence-corrected chi connectivity index (χ3v) is 3.58. The summed E-state index contributed by atoms with van der Waals surface area (Å²) in [7, 11) is 1.46. The number of ether oxygens (including phenoxy) is 1. The molecule has 0 fully saturated rings. The van der Waals surface area contributed by atoms with E-state index in [1.165, 1.54) is 25.5 Å². The Kier molecular flexibility index (Phi) is 5.04. The molecule has 2 N–H and O–H groups in total. The first-order valence-electron chi connectivity index (χ1n) is 7.04. The number of amides is 1. The fraction of sp³-hybridized carbons (Fsp3) is 0.438. The minimum absolute atomic E-state index is 0.107. The normalized spacial score (nSPS) is 14.6. The van der Waals surface area contributed by atoms with E-state index < -0.39 is 0 Å². The Bertz CT molecular complexity index is 508. The van der Waals surface area contributed by atoms with Crippen molar-refractivity contribution in [3.05, 3.63) is 35.4 Å². The maximum atomic E-state index is 12.0. The molecule has 1 aromatic carbocycles. The molecule has 1 amide bonds. The SMILES string of the molecule is COc1cccc(C(=O)NCCC2=CCCCC2)c1O. The number of methoxy groups -OCH3 is 1. The van der Waals surface area contributed by atoms with Gasteiger partial charge in [0.1, 0.15) is 0 Å². The number of carbonyl (C=O) groups excluding carboxylic acids is 1. The standard InChI is InChI=1S/C16H21NO3/c1-20-14-9-5-8-13(15(14)18)16(19)17-11-10-12-6-3-2-4-7-12/h5-6,8-9,18H,2-4,7,10-11H2,1H3,(H,17,19). The molecule has 0 bridgehead atoms. The van der Waals surface area contributed by atoms with Gasteiger partial charge in [-0.25, -0.2) is 0 Å². The fourth-order valence-electron chi connectivity index (χ4n) is 2.43. The van der Waals surface area contributed by atoms with E-state index >= 15 is 0 Å². The smallest absolute Gasteiger partial charge is 0.255 e. The highest BCUT2D eigenvalue weighted by atomic mass is 16.5. The van der Waals surface area contributed by atoms with Crippen molar-refractivity contribution in [3.63, 3.8) is 0 Å². The van der Waals surface area contributed by atoms with Crippen molar-refractivity contribution in [1.29, 1.82) is 0 Å². The van der Waals surface area contributed by atoms with E-state index in [-0.39, 0.29) is 17.2 Å². The number of para-hydroxylation sites is 1. The van der Waals surface area contributed by atoms with E-state index in [1.54, 1.807) is 18.2 Å². The van der Waals surface area contributed by atoms with E-state index in [0.717, 1.165) is 19.3 Å². The number of carbonyl (C=O) groups is 1. The van der Waals surface area contributed by atoms with Crippen LogP contribution in [0.25, 0.3) is 0 Å². The molecule has 2 rings (SSSR count). The molecule has 0 aliphatic heterocycles. The third kappa shape index (κ3) is 3.53. The predicted molar refractivity (Wildman–Crippen MR) is 78.2 cm³/mol. The van der Waals surface area contributed by atoms with Crippen LogP contribution in [0.5, 0.6) is 11.5 Å². The van der Waals surface area contributed by atoms with Crippen LogP contribution in [-0.4, -0.2) is 24.7 Å². The zero-order valence-corrected chi connectivity index (χ0v) is 11.8. The lowest BCUT2D eigenvalue weighted by Crippen LogP contribution is -2.25. The molecule has 108 valence electrons. The maximum Gasteiger partial charge on any atom is 0.255 e. The summed E-state index contributed by atoms with van der Waals surface area (Å²) in [6.45, 7) is 0.599. The van der Waals surface area contributed by atoms with Gasteiger partial charge in [-0.1, -0.05) is 17.7 Å². The van der Waals surface area contributed by atoms with Crippen LogP contribution in [0.3, 0.4) is 0 Å². The first-order valence-corrected chi connectivity index (χ1v) is 7.04. The van der Waals surface area contributed by atoms with Gasteiger partial charge in [-0.3, -0.25) is 4.79 Å². The summed E-state index contributed by atoms with van der Waals surface area (Å²) in [6.07, 6.45) is 7.97. The summed E-state index contributed by atoms with van der Waals surface area (Å²) in [5.74, 6) is -0.0603. The topological polar surface area (TPSA) is 58.6 Å². The van der Waals surface area contributed by atoms with E-state index in [0.29, 0.717) is 12.3 Å². The van der Waals surface area contributed by atoms with Gasteiger partial charge in [-0.05, 0) is 44.2 Å². The maximum absolute atomic E-state index is 12.0. The Morgan fingerprint density at radius 3 is 2.95 bits per heavy atom. The molecule has 0 radical (unpaired) electrons. The van der Waals surface area contributed by atoms with Crippen LogP contribution in [0.1, 0.15) is 42.5 Å². The summed E-state index contributed by atoms with van der Waals surface area (Å²) < 4.78 is 5.00. The Hall–Kier alpha value is -1.97. The van der Waals surface area contributed by atoms with Gasteiger partial charge in [-0.15, -0.1) is 0 Å². The highest BCUT2D eigenvalue weighted by Gasteiger charge is 2.14. The number of phenols is 1. The Morgan fingerprint density at radius 2 is 2.25 bits per heavy atom. The van der Waals surface area contributed by atoms with Crippen LogP contribution in [0.2, 0.25) is 0 Å². The third-order valence-electron chi connectivity index (χ3n) is 3.58. The van der Waals surface area contributed by atoms with Gasteiger partial charge in [0.2, 0.25) is 0 Å². The summed E-state index contributed by atoms with van der Waals surface area (Å²) in [5.41, 5.74) is 1.67. The summed E-state index contributed by atoms with van der Waals surface area (Å²) in [6, 6.07) is 4.91. The monoisotopic (exact) mass is 275 g/mol. The summed E-state index contributed by atoms with van der Waals surface area (Å²) >= 11 is 0. The number of rotatable bonds is 5. The van der Waals surface area contributed by atoms with E-state index in [1.807, 2.05) is 0 Å². The van der Waals surface area contributed by atoms with E-state index in [4.69, 9.17) is 4.74 Å². The lowest BCUT2D eigenvalue weighted by Gasteiger charge is -2.13. The summed E-state index contributed by atoms with van der Waals surface area (Å²) in [5, 5.41) is 12.8. The molecular weight excluding hydrogens is 254 g/mol. The van der Waals surface area contributed by atoms with Crippen molar-refractivity contribution in [3.8, 4) is 11.5 Å². The first kappa shape index (κ1) is 14.4. The Balaban J connectivity index is 1.90. The van der Waals surface area contributed by atoms with E-state index in [9.17, 15) is 9.90 Å². The number of nitrogens with one attached hydrogen (secondary N) is 1. The lowest BCUT2D eigenvalue weighted by atomic mass is 9.97. The average Bonchev–Trinajstić information content (AvgIpc) is 2.48. The second kappa shape index (κ2) is 6.98. The van der Waals surface area contributed by atoms with E-state index in [2.05, 4.69) is 11.4 Å². The molecule has 0 aromatic heterocycles. The molecule has 0 saturated carbocycles. The zero-order chi connectivity index (χ0) is 14.4. The van der Waals surface area contributed by atoms with Crippen LogP contribution >= 0.6 is 0 Å². The molecule has 0 spiro atoms. The number of benzene rings is 1. The van der Waals surface area contributed by atoms with Crippen molar-refractivity contribution in [2.75, 3.05) is 13.7 Å². The summed E-state index contributed by atoms with van der Waals surface area (Å²) in [4.78, 5) is 12.0. The van der Waals surface area contributed by atoms with Gasteiger partial charge in [0.25, 0.3) is 5.91 Å². The molecule has 0 saturated heterocycles. The number of hydrogen-bond donors (Lipinski definition) is 2. The van der Waals surface area contributed by atoms with Crippen molar-refractivity contribution in [2.45, 2.75) is 32.1 Å². The van der Waals surface area contributed by atoms with Crippen LogP contribution in [0.4, 0.5) is 0 Å². The second-order valence-electron chi connectivity index (χ2n) is 4.97. The molecule has 1 aliphatic rings.